The lowest BCUT2D eigenvalue weighted by Crippen LogP contribution is -2.26. The number of amides is 1. The lowest BCUT2D eigenvalue weighted by Gasteiger charge is -2.19. The van der Waals surface area contributed by atoms with Crippen molar-refractivity contribution in [2.24, 2.45) is 0 Å². The first-order valence-corrected chi connectivity index (χ1v) is 10.1. The third kappa shape index (κ3) is 6.01. The molecular formula is C23H18ClF3N2O4. The number of benzene rings is 2. The van der Waals surface area contributed by atoms with E-state index in [2.05, 4.69) is 10.3 Å². The third-order valence-electron chi connectivity index (χ3n) is 4.38. The monoisotopic (exact) mass is 478 g/mol. The number of anilines is 1. The molecule has 0 unspecified atom stereocenters. The van der Waals surface area contributed by atoms with Crippen molar-refractivity contribution in [3.8, 4) is 5.88 Å². The van der Waals surface area contributed by atoms with E-state index in [0.717, 1.165) is 6.07 Å². The van der Waals surface area contributed by atoms with E-state index in [0.29, 0.717) is 11.6 Å². The van der Waals surface area contributed by atoms with E-state index in [9.17, 15) is 22.8 Å². The Morgan fingerprint density at radius 1 is 1.09 bits per heavy atom. The number of rotatable bonds is 7. The number of hydrogen-bond donors (Lipinski definition) is 1. The van der Waals surface area contributed by atoms with Gasteiger partial charge in [0.05, 0.1) is 17.2 Å². The molecule has 0 fully saturated rings. The van der Waals surface area contributed by atoms with Crippen molar-refractivity contribution in [2.75, 3.05) is 11.9 Å². The summed E-state index contributed by atoms with van der Waals surface area (Å²) in [6.45, 7) is 1.96. The SMILES string of the molecule is CCOc1ncccc1C(=O)O[C@H](C(=O)Nc1ccc(Cl)c(C(F)(F)F)c1)c1ccccc1. The number of aromatic nitrogens is 1. The molecule has 3 rings (SSSR count). The molecule has 1 amide bonds. The van der Waals surface area contributed by atoms with Gasteiger partial charge in [-0.2, -0.15) is 13.2 Å². The number of halogens is 4. The maximum absolute atomic E-state index is 13.2. The zero-order valence-electron chi connectivity index (χ0n) is 17.2. The van der Waals surface area contributed by atoms with Crippen molar-refractivity contribution in [2.45, 2.75) is 19.2 Å². The highest BCUT2D eigenvalue weighted by Crippen LogP contribution is 2.36. The Hall–Kier alpha value is -3.59. The minimum absolute atomic E-state index is 0.000989. The smallest absolute Gasteiger partial charge is 0.417 e. The Morgan fingerprint density at radius 3 is 2.48 bits per heavy atom. The Kier molecular flexibility index (Phi) is 7.55. The normalized spacial score (nSPS) is 12.0. The minimum atomic E-state index is -4.71. The first-order chi connectivity index (χ1) is 15.7. The molecule has 1 N–H and O–H groups in total. The van der Waals surface area contributed by atoms with E-state index in [-0.39, 0.29) is 23.7 Å². The van der Waals surface area contributed by atoms with Crippen molar-refractivity contribution in [3.05, 3.63) is 88.6 Å². The van der Waals surface area contributed by atoms with E-state index < -0.39 is 34.7 Å². The standard InChI is InChI=1S/C23H18ClF3N2O4/c1-2-32-21-16(9-6-12-28-21)22(31)33-19(14-7-4-3-5-8-14)20(30)29-15-10-11-18(24)17(13-15)23(25,26)27/h3-13,19H,2H2,1H3,(H,29,30)/t19-/m0/s1. The van der Waals surface area contributed by atoms with E-state index in [1.165, 1.54) is 24.4 Å². The third-order valence-corrected chi connectivity index (χ3v) is 4.71. The fraction of sp³-hybridized carbons (Fsp3) is 0.174. The average molecular weight is 479 g/mol. The summed E-state index contributed by atoms with van der Waals surface area (Å²) >= 11 is 5.63. The number of nitrogens with one attached hydrogen (secondary N) is 1. The lowest BCUT2D eigenvalue weighted by atomic mass is 10.1. The van der Waals surface area contributed by atoms with Gasteiger partial charge in [0.2, 0.25) is 12.0 Å². The van der Waals surface area contributed by atoms with Crippen molar-refractivity contribution >= 4 is 29.2 Å². The van der Waals surface area contributed by atoms with Gasteiger partial charge >= 0.3 is 12.1 Å². The summed E-state index contributed by atoms with van der Waals surface area (Å²) in [6, 6.07) is 13.9. The van der Waals surface area contributed by atoms with Gasteiger partial charge in [-0.25, -0.2) is 9.78 Å². The zero-order valence-corrected chi connectivity index (χ0v) is 18.0. The van der Waals surface area contributed by atoms with Crippen LogP contribution in [0.15, 0.2) is 66.9 Å². The van der Waals surface area contributed by atoms with E-state index in [4.69, 9.17) is 21.1 Å². The fourth-order valence-electron chi connectivity index (χ4n) is 2.90. The number of ether oxygens (including phenoxy) is 2. The van der Waals surface area contributed by atoms with Gasteiger partial charge < -0.3 is 14.8 Å². The highest BCUT2D eigenvalue weighted by Gasteiger charge is 2.34. The number of nitrogens with zero attached hydrogens (tertiary/aromatic N) is 1. The number of carbonyl (C=O) groups excluding carboxylic acids is 2. The number of hydrogen-bond acceptors (Lipinski definition) is 5. The topological polar surface area (TPSA) is 77.5 Å². The number of alkyl halides is 3. The highest BCUT2D eigenvalue weighted by molar-refractivity contribution is 6.31. The van der Waals surface area contributed by atoms with Crippen LogP contribution in [0.2, 0.25) is 5.02 Å². The summed E-state index contributed by atoms with van der Waals surface area (Å²) in [5.74, 6) is -1.71. The maximum Gasteiger partial charge on any atom is 0.417 e. The van der Waals surface area contributed by atoms with Crippen molar-refractivity contribution in [1.82, 2.24) is 4.98 Å². The lowest BCUT2D eigenvalue weighted by molar-refractivity contribution is -0.137. The van der Waals surface area contributed by atoms with Crippen molar-refractivity contribution < 1.29 is 32.2 Å². The summed E-state index contributed by atoms with van der Waals surface area (Å²) in [7, 11) is 0. The van der Waals surface area contributed by atoms with Crippen LogP contribution in [0.4, 0.5) is 18.9 Å². The van der Waals surface area contributed by atoms with Crippen LogP contribution in [0.25, 0.3) is 0 Å². The first-order valence-electron chi connectivity index (χ1n) is 9.72. The summed E-state index contributed by atoms with van der Waals surface area (Å²) in [6.07, 6.45) is -4.74. The molecule has 0 spiro atoms. The van der Waals surface area contributed by atoms with Crippen LogP contribution >= 0.6 is 11.6 Å². The van der Waals surface area contributed by atoms with Gasteiger partial charge in [-0.15, -0.1) is 0 Å². The molecule has 1 heterocycles. The predicted octanol–water partition coefficient (Wildman–Crippen LogP) is 5.69. The van der Waals surface area contributed by atoms with Crippen LogP contribution in [-0.2, 0) is 15.7 Å². The molecule has 10 heteroatoms. The Bertz CT molecular complexity index is 1140. The molecule has 0 saturated heterocycles. The second kappa shape index (κ2) is 10.4. The molecule has 3 aromatic rings. The van der Waals surface area contributed by atoms with Gasteiger partial charge in [-0.1, -0.05) is 41.9 Å². The van der Waals surface area contributed by atoms with Gasteiger partial charge in [0, 0.05) is 17.4 Å². The second-order valence-corrected chi connectivity index (χ2v) is 7.07. The van der Waals surface area contributed by atoms with Crippen molar-refractivity contribution in [1.29, 1.82) is 0 Å². The summed E-state index contributed by atoms with van der Waals surface area (Å²) in [5.41, 5.74) is -0.953. The van der Waals surface area contributed by atoms with Crippen LogP contribution in [-0.4, -0.2) is 23.5 Å². The van der Waals surface area contributed by atoms with Gasteiger partial charge in [0.15, 0.2) is 0 Å². The molecule has 2 aromatic carbocycles. The van der Waals surface area contributed by atoms with Crippen molar-refractivity contribution in [3.63, 3.8) is 0 Å². The summed E-state index contributed by atoms with van der Waals surface area (Å²) < 4.78 is 50.3. The largest absolute Gasteiger partial charge is 0.477 e. The van der Waals surface area contributed by atoms with Crippen LogP contribution in [0.5, 0.6) is 5.88 Å². The van der Waals surface area contributed by atoms with Crippen LogP contribution < -0.4 is 10.1 Å². The second-order valence-electron chi connectivity index (χ2n) is 6.67. The molecule has 1 atom stereocenters. The molecule has 1 aromatic heterocycles. The van der Waals surface area contributed by atoms with Gasteiger partial charge in [-0.05, 0) is 37.3 Å². The number of carbonyl (C=O) groups is 2. The van der Waals surface area contributed by atoms with E-state index in [1.807, 2.05) is 0 Å². The van der Waals surface area contributed by atoms with Gasteiger partial charge in [-0.3, -0.25) is 4.79 Å². The summed E-state index contributed by atoms with van der Waals surface area (Å²) in [4.78, 5) is 29.8. The molecule has 172 valence electrons. The molecule has 0 aliphatic rings. The van der Waals surface area contributed by atoms with Gasteiger partial charge in [0.25, 0.3) is 5.91 Å². The molecule has 0 aliphatic heterocycles. The van der Waals surface area contributed by atoms with E-state index >= 15 is 0 Å². The Labute approximate surface area is 192 Å². The highest BCUT2D eigenvalue weighted by atomic mass is 35.5. The average Bonchev–Trinajstić information content (AvgIpc) is 2.79. The number of esters is 1. The summed E-state index contributed by atoms with van der Waals surface area (Å²) in [5, 5.41) is 1.85. The fourth-order valence-corrected chi connectivity index (χ4v) is 3.12. The molecule has 0 saturated carbocycles. The molecule has 33 heavy (non-hydrogen) atoms. The zero-order chi connectivity index (χ0) is 24.0. The maximum atomic E-state index is 13.2. The molecule has 6 nitrogen and oxygen atoms in total. The van der Waals surface area contributed by atoms with Gasteiger partial charge in [0.1, 0.15) is 5.56 Å². The van der Waals surface area contributed by atoms with Crippen LogP contribution in [0, 0.1) is 0 Å². The molecule has 0 radical (unpaired) electrons. The number of pyridine rings is 1. The molecule has 0 bridgehead atoms. The van der Waals surface area contributed by atoms with E-state index in [1.54, 1.807) is 37.3 Å². The molecule has 0 aliphatic carbocycles. The first kappa shape index (κ1) is 24.1. The predicted molar refractivity (Wildman–Crippen MR) is 115 cm³/mol. The Balaban J connectivity index is 1.90. The quantitative estimate of drug-likeness (QED) is 0.441. The minimum Gasteiger partial charge on any atom is -0.477 e. The van der Waals surface area contributed by atoms with Crippen LogP contribution in [0.3, 0.4) is 0 Å². The Morgan fingerprint density at radius 2 is 1.82 bits per heavy atom. The van der Waals surface area contributed by atoms with Crippen LogP contribution in [0.1, 0.15) is 34.5 Å². The molecular weight excluding hydrogens is 461 g/mol.